The van der Waals surface area contributed by atoms with E-state index in [1.54, 1.807) is 12.4 Å². The molecule has 3 nitrogen and oxygen atoms in total. The fourth-order valence-electron chi connectivity index (χ4n) is 2.12. The molecule has 1 N–H and O–H groups in total. The van der Waals surface area contributed by atoms with Crippen molar-refractivity contribution in [1.82, 2.24) is 4.98 Å². The van der Waals surface area contributed by atoms with E-state index >= 15 is 0 Å². The Hall–Kier alpha value is -1.71. The van der Waals surface area contributed by atoms with Crippen LogP contribution in [0.25, 0.3) is 0 Å². The monoisotopic (exact) mass is 257 g/mol. The molecule has 1 heterocycles. The third-order valence-electron chi connectivity index (χ3n) is 3.02. The Kier molecular flexibility index (Phi) is 5.07. The van der Waals surface area contributed by atoms with Gasteiger partial charge in [-0.15, -0.1) is 0 Å². The number of ether oxygens (including phenoxy) is 1. The van der Waals surface area contributed by atoms with Crippen molar-refractivity contribution in [2.45, 2.75) is 25.6 Å². The zero-order valence-corrected chi connectivity index (χ0v) is 11.1. The van der Waals surface area contributed by atoms with E-state index in [-0.39, 0.29) is 6.10 Å². The molecule has 0 saturated heterocycles. The first-order chi connectivity index (χ1) is 9.31. The zero-order chi connectivity index (χ0) is 13.5. The van der Waals surface area contributed by atoms with Gasteiger partial charge in [0.15, 0.2) is 0 Å². The van der Waals surface area contributed by atoms with Crippen LogP contribution in [-0.2, 0) is 11.2 Å². The summed E-state index contributed by atoms with van der Waals surface area (Å²) < 4.78 is 5.70. The second-order valence-electron chi connectivity index (χ2n) is 4.41. The second-order valence-corrected chi connectivity index (χ2v) is 4.41. The highest BCUT2D eigenvalue weighted by Gasteiger charge is 2.21. The van der Waals surface area contributed by atoms with Gasteiger partial charge in [-0.3, -0.25) is 4.98 Å². The molecule has 0 aliphatic carbocycles. The maximum absolute atomic E-state index is 10.4. The molecule has 0 bridgehead atoms. The Labute approximate surface area is 113 Å². The Morgan fingerprint density at radius 3 is 2.42 bits per heavy atom. The van der Waals surface area contributed by atoms with Crippen molar-refractivity contribution in [2.24, 2.45) is 0 Å². The molecule has 1 aromatic heterocycles. The number of benzene rings is 1. The Bertz CT molecular complexity index is 473. The first-order valence-corrected chi connectivity index (χ1v) is 6.54. The van der Waals surface area contributed by atoms with Crippen LogP contribution in [0.5, 0.6) is 0 Å². The first kappa shape index (κ1) is 13.7. The fraction of sp³-hybridized carbons (Fsp3) is 0.312. The first-order valence-electron chi connectivity index (χ1n) is 6.54. The Morgan fingerprint density at radius 1 is 1.11 bits per heavy atom. The van der Waals surface area contributed by atoms with Crippen LogP contribution in [-0.4, -0.2) is 22.8 Å². The molecular formula is C16H19NO2. The quantitative estimate of drug-likeness (QED) is 0.865. The SMILES string of the molecule is CCOC(c1ccccc1)C(O)Cc1ccncc1. The summed E-state index contributed by atoms with van der Waals surface area (Å²) in [5.41, 5.74) is 2.06. The number of hydrogen-bond acceptors (Lipinski definition) is 3. The predicted molar refractivity (Wildman–Crippen MR) is 74.8 cm³/mol. The molecular weight excluding hydrogens is 238 g/mol. The average Bonchev–Trinajstić information content (AvgIpc) is 2.46. The molecule has 0 amide bonds. The van der Waals surface area contributed by atoms with E-state index in [0.29, 0.717) is 13.0 Å². The van der Waals surface area contributed by atoms with Gasteiger partial charge >= 0.3 is 0 Å². The summed E-state index contributed by atoms with van der Waals surface area (Å²) in [7, 11) is 0. The third-order valence-corrected chi connectivity index (χ3v) is 3.02. The van der Waals surface area contributed by atoms with Gasteiger partial charge in [-0.25, -0.2) is 0 Å². The van der Waals surface area contributed by atoms with Gasteiger partial charge in [0.25, 0.3) is 0 Å². The number of aliphatic hydroxyl groups excluding tert-OH is 1. The van der Waals surface area contributed by atoms with E-state index in [1.807, 2.05) is 49.4 Å². The van der Waals surface area contributed by atoms with Crippen LogP contribution in [0.15, 0.2) is 54.9 Å². The van der Waals surface area contributed by atoms with Crippen molar-refractivity contribution in [2.75, 3.05) is 6.61 Å². The third kappa shape index (κ3) is 3.88. The van der Waals surface area contributed by atoms with E-state index in [1.165, 1.54) is 0 Å². The van der Waals surface area contributed by atoms with Gasteiger partial charge in [0, 0.05) is 25.4 Å². The van der Waals surface area contributed by atoms with Crippen LogP contribution in [0, 0.1) is 0 Å². The number of hydrogen-bond donors (Lipinski definition) is 1. The molecule has 19 heavy (non-hydrogen) atoms. The molecule has 0 radical (unpaired) electrons. The number of aliphatic hydroxyl groups is 1. The molecule has 2 rings (SSSR count). The number of pyridine rings is 1. The molecule has 2 unspecified atom stereocenters. The minimum Gasteiger partial charge on any atom is -0.390 e. The molecule has 0 aliphatic rings. The van der Waals surface area contributed by atoms with Gasteiger partial charge in [0.2, 0.25) is 0 Å². The molecule has 3 heteroatoms. The molecule has 2 aromatic rings. The van der Waals surface area contributed by atoms with Crippen LogP contribution in [0.3, 0.4) is 0 Å². The van der Waals surface area contributed by atoms with Crippen molar-refractivity contribution < 1.29 is 9.84 Å². The maximum atomic E-state index is 10.4. The van der Waals surface area contributed by atoms with Crippen molar-refractivity contribution in [3.63, 3.8) is 0 Å². The van der Waals surface area contributed by atoms with E-state index in [4.69, 9.17) is 4.74 Å². The van der Waals surface area contributed by atoms with Gasteiger partial charge in [0.1, 0.15) is 6.10 Å². The molecule has 0 aliphatic heterocycles. The Morgan fingerprint density at radius 2 is 1.79 bits per heavy atom. The highest BCUT2D eigenvalue weighted by Crippen LogP contribution is 2.23. The fourth-order valence-corrected chi connectivity index (χ4v) is 2.12. The normalized spacial score (nSPS) is 14.0. The molecule has 1 aromatic carbocycles. The summed E-state index contributed by atoms with van der Waals surface area (Å²) >= 11 is 0. The summed E-state index contributed by atoms with van der Waals surface area (Å²) in [4.78, 5) is 3.98. The van der Waals surface area contributed by atoms with Gasteiger partial charge in [-0.2, -0.15) is 0 Å². The smallest absolute Gasteiger partial charge is 0.109 e. The zero-order valence-electron chi connectivity index (χ0n) is 11.1. The van der Waals surface area contributed by atoms with Crippen LogP contribution in [0.1, 0.15) is 24.2 Å². The van der Waals surface area contributed by atoms with Crippen LogP contribution in [0.2, 0.25) is 0 Å². The highest BCUT2D eigenvalue weighted by atomic mass is 16.5. The summed E-state index contributed by atoms with van der Waals surface area (Å²) in [6.07, 6.45) is 3.17. The molecule has 0 spiro atoms. The summed E-state index contributed by atoms with van der Waals surface area (Å²) in [5.74, 6) is 0. The largest absolute Gasteiger partial charge is 0.390 e. The lowest BCUT2D eigenvalue weighted by Gasteiger charge is -2.23. The van der Waals surface area contributed by atoms with Gasteiger partial charge in [-0.1, -0.05) is 30.3 Å². The van der Waals surface area contributed by atoms with Crippen molar-refractivity contribution in [1.29, 1.82) is 0 Å². The standard InChI is InChI=1S/C16H19NO2/c1-2-19-16(14-6-4-3-5-7-14)15(18)12-13-8-10-17-11-9-13/h3-11,15-16,18H,2,12H2,1H3. The summed E-state index contributed by atoms with van der Waals surface area (Å²) in [6.45, 7) is 2.52. The van der Waals surface area contributed by atoms with E-state index in [9.17, 15) is 5.11 Å². The number of nitrogens with zero attached hydrogens (tertiary/aromatic N) is 1. The summed E-state index contributed by atoms with van der Waals surface area (Å²) in [5, 5.41) is 10.4. The average molecular weight is 257 g/mol. The van der Waals surface area contributed by atoms with Gasteiger partial charge < -0.3 is 9.84 Å². The Balaban J connectivity index is 2.11. The van der Waals surface area contributed by atoms with Crippen molar-refractivity contribution in [3.05, 3.63) is 66.0 Å². The van der Waals surface area contributed by atoms with Crippen LogP contribution >= 0.6 is 0 Å². The van der Waals surface area contributed by atoms with Crippen LogP contribution in [0.4, 0.5) is 0 Å². The lowest BCUT2D eigenvalue weighted by atomic mass is 9.99. The lowest BCUT2D eigenvalue weighted by molar-refractivity contribution is -0.0339. The van der Waals surface area contributed by atoms with Crippen LogP contribution < -0.4 is 0 Å². The van der Waals surface area contributed by atoms with Gasteiger partial charge in [-0.05, 0) is 30.2 Å². The van der Waals surface area contributed by atoms with Crippen molar-refractivity contribution >= 4 is 0 Å². The predicted octanol–water partition coefficient (Wildman–Crippen LogP) is 2.76. The maximum Gasteiger partial charge on any atom is 0.109 e. The molecule has 0 saturated carbocycles. The molecule has 2 atom stereocenters. The number of rotatable bonds is 6. The van der Waals surface area contributed by atoms with Crippen molar-refractivity contribution in [3.8, 4) is 0 Å². The molecule has 100 valence electrons. The topological polar surface area (TPSA) is 42.4 Å². The second kappa shape index (κ2) is 7.02. The highest BCUT2D eigenvalue weighted by molar-refractivity contribution is 5.20. The van der Waals surface area contributed by atoms with E-state index < -0.39 is 6.10 Å². The minimum absolute atomic E-state index is 0.292. The number of aromatic nitrogens is 1. The summed E-state index contributed by atoms with van der Waals surface area (Å²) in [6, 6.07) is 13.7. The van der Waals surface area contributed by atoms with E-state index in [0.717, 1.165) is 11.1 Å². The van der Waals surface area contributed by atoms with Gasteiger partial charge in [0.05, 0.1) is 6.10 Å². The lowest BCUT2D eigenvalue weighted by Crippen LogP contribution is -2.23. The molecule has 0 fully saturated rings. The van der Waals surface area contributed by atoms with E-state index in [2.05, 4.69) is 4.98 Å². The minimum atomic E-state index is -0.565.